The highest BCUT2D eigenvalue weighted by atomic mass is 35.5. The summed E-state index contributed by atoms with van der Waals surface area (Å²) in [6.45, 7) is 7.66. The van der Waals surface area contributed by atoms with E-state index in [4.69, 9.17) is 0 Å². The van der Waals surface area contributed by atoms with Gasteiger partial charge in [-0.15, -0.1) is 12.4 Å². The van der Waals surface area contributed by atoms with E-state index in [1.807, 2.05) is 36.9 Å². The van der Waals surface area contributed by atoms with E-state index >= 15 is 0 Å². The van der Waals surface area contributed by atoms with Crippen molar-refractivity contribution < 1.29 is 4.79 Å². The Labute approximate surface area is 153 Å². The maximum Gasteiger partial charge on any atom is 0.274 e. The molecule has 1 aliphatic heterocycles. The van der Waals surface area contributed by atoms with Crippen LogP contribution in [0.2, 0.25) is 0 Å². The zero-order valence-electron chi connectivity index (χ0n) is 14.7. The van der Waals surface area contributed by atoms with E-state index in [2.05, 4.69) is 10.4 Å². The van der Waals surface area contributed by atoms with E-state index < -0.39 is 0 Å². The summed E-state index contributed by atoms with van der Waals surface area (Å²) in [5.41, 5.74) is 0.251. The quantitative estimate of drug-likeness (QED) is 0.903. The number of rotatable bonds is 3. The molecule has 25 heavy (non-hydrogen) atoms. The van der Waals surface area contributed by atoms with Crippen LogP contribution in [0.5, 0.6) is 0 Å². The van der Waals surface area contributed by atoms with Gasteiger partial charge in [0.15, 0.2) is 5.69 Å². The lowest BCUT2D eigenvalue weighted by Crippen LogP contribution is -2.37. The highest BCUT2D eigenvalue weighted by Crippen LogP contribution is 2.16. The number of halogens is 1. The first-order valence-corrected chi connectivity index (χ1v) is 8.58. The van der Waals surface area contributed by atoms with Gasteiger partial charge in [-0.3, -0.25) is 9.59 Å². The molecule has 1 amide bonds. The summed E-state index contributed by atoms with van der Waals surface area (Å²) in [6.07, 6.45) is 0.926. The molecule has 1 N–H and O–H groups in total. The minimum Gasteiger partial charge on any atom is -0.336 e. The number of carbonyl (C=O) groups is 1. The summed E-state index contributed by atoms with van der Waals surface area (Å²) in [5, 5.41) is 8.94. The van der Waals surface area contributed by atoms with Crippen LogP contribution in [0.1, 0.15) is 30.8 Å². The van der Waals surface area contributed by atoms with Crippen LogP contribution in [0.25, 0.3) is 10.8 Å². The number of fused-ring (bicyclic) bond motifs is 1. The molecule has 0 spiro atoms. The molecule has 0 bridgehead atoms. The maximum absolute atomic E-state index is 13.0. The lowest BCUT2D eigenvalue weighted by molar-refractivity contribution is 0.0759. The van der Waals surface area contributed by atoms with Crippen molar-refractivity contribution in [2.24, 2.45) is 5.92 Å². The number of amides is 1. The minimum absolute atomic E-state index is 0. The molecule has 6 nitrogen and oxygen atoms in total. The van der Waals surface area contributed by atoms with Crippen LogP contribution < -0.4 is 10.9 Å². The Morgan fingerprint density at radius 3 is 2.64 bits per heavy atom. The van der Waals surface area contributed by atoms with E-state index in [0.717, 1.165) is 19.5 Å². The van der Waals surface area contributed by atoms with Crippen molar-refractivity contribution in [3.63, 3.8) is 0 Å². The summed E-state index contributed by atoms with van der Waals surface area (Å²) in [7, 11) is 0. The summed E-state index contributed by atoms with van der Waals surface area (Å²) in [4.78, 5) is 27.5. The number of hydrogen-bond donors (Lipinski definition) is 1. The van der Waals surface area contributed by atoms with Gasteiger partial charge in [0.2, 0.25) is 0 Å². The average molecular weight is 365 g/mol. The molecule has 0 atom stereocenters. The molecule has 1 fully saturated rings. The molecule has 136 valence electrons. The monoisotopic (exact) mass is 364 g/mol. The SMILES string of the molecule is CC(C)Cn1nc(C(=O)N2CCCNCC2)c2ccccc2c1=O.Cl. The summed E-state index contributed by atoms with van der Waals surface area (Å²) in [5.74, 6) is 0.189. The van der Waals surface area contributed by atoms with Gasteiger partial charge in [0.25, 0.3) is 11.5 Å². The molecule has 2 aromatic rings. The van der Waals surface area contributed by atoms with E-state index in [-0.39, 0.29) is 29.8 Å². The molecule has 2 heterocycles. The van der Waals surface area contributed by atoms with Crippen LogP contribution in [-0.4, -0.2) is 46.8 Å². The van der Waals surface area contributed by atoms with Gasteiger partial charge in [0, 0.05) is 31.6 Å². The van der Waals surface area contributed by atoms with Gasteiger partial charge in [-0.2, -0.15) is 5.10 Å². The molecular formula is C18H25ClN4O2. The van der Waals surface area contributed by atoms with Crippen molar-refractivity contribution in [1.82, 2.24) is 20.0 Å². The molecule has 1 aliphatic rings. The Morgan fingerprint density at radius 2 is 1.92 bits per heavy atom. The number of nitrogens with zero attached hydrogens (tertiary/aromatic N) is 3. The number of aromatic nitrogens is 2. The van der Waals surface area contributed by atoms with Gasteiger partial charge < -0.3 is 10.2 Å². The van der Waals surface area contributed by atoms with Crippen molar-refractivity contribution in [2.45, 2.75) is 26.8 Å². The Morgan fingerprint density at radius 1 is 1.20 bits per heavy atom. The van der Waals surface area contributed by atoms with Crippen molar-refractivity contribution in [3.05, 3.63) is 40.3 Å². The molecule has 1 saturated heterocycles. The van der Waals surface area contributed by atoms with Gasteiger partial charge in [0.05, 0.1) is 5.39 Å². The van der Waals surface area contributed by atoms with Crippen LogP contribution in [0, 0.1) is 5.92 Å². The molecule has 7 heteroatoms. The molecule has 3 rings (SSSR count). The zero-order valence-corrected chi connectivity index (χ0v) is 15.5. The summed E-state index contributed by atoms with van der Waals surface area (Å²) in [6, 6.07) is 7.26. The van der Waals surface area contributed by atoms with Crippen LogP contribution in [-0.2, 0) is 6.54 Å². The zero-order chi connectivity index (χ0) is 17.1. The second-order valence-corrected chi connectivity index (χ2v) is 6.67. The molecule has 0 aliphatic carbocycles. The number of hydrogen-bond acceptors (Lipinski definition) is 4. The van der Waals surface area contributed by atoms with Gasteiger partial charge in [-0.25, -0.2) is 4.68 Å². The Balaban J connectivity index is 0.00000225. The van der Waals surface area contributed by atoms with Crippen LogP contribution in [0.4, 0.5) is 0 Å². The normalized spacial score (nSPS) is 15.1. The predicted octanol–water partition coefficient (Wildman–Crippen LogP) is 1.91. The number of carbonyl (C=O) groups excluding carboxylic acids is 1. The molecule has 0 saturated carbocycles. The third kappa shape index (κ3) is 4.19. The Hall–Kier alpha value is -1.92. The second kappa shape index (κ2) is 8.45. The minimum atomic E-state index is -0.131. The first kappa shape index (κ1) is 19.4. The summed E-state index contributed by atoms with van der Waals surface area (Å²) >= 11 is 0. The topological polar surface area (TPSA) is 67.2 Å². The first-order chi connectivity index (χ1) is 11.6. The highest BCUT2D eigenvalue weighted by molar-refractivity contribution is 6.04. The van der Waals surface area contributed by atoms with Crippen LogP contribution in [0.15, 0.2) is 29.1 Å². The molecule has 1 aromatic heterocycles. The van der Waals surface area contributed by atoms with Crippen molar-refractivity contribution in [1.29, 1.82) is 0 Å². The Kier molecular flexibility index (Phi) is 6.56. The lowest BCUT2D eigenvalue weighted by atomic mass is 10.1. The molecule has 0 radical (unpaired) electrons. The average Bonchev–Trinajstić information content (AvgIpc) is 2.86. The van der Waals surface area contributed by atoms with Crippen molar-refractivity contribution >= 4 is 29.1 Å². The van der Waals surface area contributed by atoms with E-state index in [9.17, 15) is 9.59 Å². The molecule has 0 unspecified atom stereocenters. The van der Waals surface area contributed by atoms with Gasteiger partial charge >= 0.3 is 0 Å². The van der Waals surface area contributed by atoms with E-state index in [1.165, 1.54) is 4.68 Å². The van der Waals surface area contributed by atoms with E-state index in [0.29, 0.717) is 36.1 Å². The van der Waals surface area contributed by atoms with Gasteiger partial charge in [-0.05, 0) is 24.9 Å². The fourth-order valence-electron chi connectivity index (χ4n) is 3.06. The van der Waals surface area contributed by atoms with Crippen molar-refractivity contribution in [3.8, 4) is 0 Å². The lowest BCUT2D eigenvalue weighted by Gasteiger charge is -2.21. The number of nitrogens with one attached hydrogen (secondary N) is 1. The Bertz CT molecular complexity index is 795. The first-order valence-electron chi connectivity index (χ1n) is 8.58. The van der Waals surface area contributed by atoms with Crippen molar-refractivity contribution in [2.75, 3.05) is 26.2 Å². The van der Waals surface area contributed by atoms with Crippen LogP contribution >= 0.6 is 12.4 Å². The van der Waals surface area contributed by atoms with E-state index in [1.54, 1.807) is 6.07 Å². The van der Waals surface area contributed by atoms with Gasteiger partial charge in [0.1, 0.15) is 0 Å². The smallest absolute Gasteiger partial charge is 0.274 e. The summed E-state index contributed by atoms with van der Waals surface area (Å²) < 4.78 is 1.44. The number of benzene rings is 1. The third-order valence-electron chi connectivity index (χ3n) is 4.24. The fraction of sp³-hybridized carbons (Fsp3) is 0.500. The third-order valence-corrected chi connectivity index (χ3v) is 4.24. The molecular weight excluding hydrogens is 340 g/mol. The maximum atomic E-state index is 13.0. The standard InChI is InChI=1S/C18H24N4O2.ClH/c1-13(2)12-22-17(23)15-7-4-3-6-14(15)16(20-22)18(24)21-10-5-8-19-9-11-21;/h3-4,6-7,13,19H,5,8-12H2,1-2H3;1H. The van der Waals surface area contributed by atoms with Crippen LogP contribution in [0.3, 0.4) is 0 Å². The second-order valence-electron chi connectivity index (χ2n) is 6.67. The largest absolute Gasteiger partial charge is 0.336 e. The highest BCUT2D eigenvalue weighted by Gasteiger charge is 2.22. The molecule has 1 aromatic carbocycles. The fourth-order valence-corrected chi connectivity index (χ4v) is 3.06. The predicted molar refractivity (Wildman–Crippen MR) is 101 cm³/mol. The van der Waals surface area contributed by atoms with Gasteiger partial charge in [-0.1, -0.05) is 32.0 Å².